The second-order valence-corrected chi connectivity index (χ2v) is 5.83. The molecule has 1 aromatic carbocycles. The fourth-order valence-corrected chi connectivity index (χ4v) is 2.18. The number of benzene rings is 1. The van der Waals surface area contributed by atoms with Crippen LogP contribution in [0.25, 0.3) is 0 Å². The van der Waals surface area contributed by atoms with E-state index in [1.807, 2.05) is 18.2 Å². The summed E-state index contributed by atoms with van der Waals surface area (Å²) in [6.07, 6.45) is 0.435. The van der Waals surface area contributed by atoms with Gasteiger partial charge in [-0.1, -0.05) is 26.0 Å². The maximum atomic E-state index is 11.3. The van der Waals surface area contributed by atoms with Crippen molar-refractivity contribution in [1.82, 2.24) is 5.32 Å². The van der Waals surface area contributed by atoms with Crippen molar-refractivity contribution in [2.75, 3.05) is 11.9 Å². The van der Waals surface area contributed by atoms with E-state index in [1.54, 1.807) is 0 Å². The smallest absolute Gasteiger partial charge is 0.287 e. The van der Waals surface area contributed by atoms with E-state index in [9.17, 15) is 9.59 Å². The minimum atomic E-state index is -0.214. The van der Waals surface area contributed by atoms with Crippen LogP contribution in [0.1, 0.15) is 25.0 Å². The molecule has 0 bridgehead atoms. The van der Waals surface area contributed by atoms with E-state index in [-0.39, 0.29) is 16.1 Å². The number of halogens is 1. The molecule has 1 aliphatic heterocycles. The summed E-state index contributed by atoms with van der Waals surface area (Å²) in [6, 6.07) is 5.95. The molecule has 96 valence electrons. The van der Waals surface area contributed by atoms with Crippen LogP contribution in [0.3, 0.4) is 0 Å². The highest BCUT2D eigenvalue weighted by atomic mass is 79.9. The third-order valence-corrected chi connectivity index (χ3v) is 3.46. The summed E-state index contributed by atoms with van der Waals surface area (Å²) in [5.41, 5.74) is 2.85. The molecule has 5 heteroatoms. The molecule has 0 radical (unpaired) electrons. The topological polar surface area (TPSA) is 58.2 Å². The molecule has 0 atom stereocenters. The van der Waals surface area contributed by atoms with Crippen molar-refractivity contribution in [3.63, 3.8) is 0 Å². The fourth-order valence-electron chi connectivity index (χ4n) is 2.04. The monoisotopic (exact) mass is 310 g/mol. The number of carbonyl (C=O) groups is 2. The number of fused-ring (bicyclic) bond motifs is 1. The second-order valence-electron chi connectivity index (χ2n) is 5.11. The van der Waals surface area contributed by atoms with Gasteiger partial charge in [-0.25, -0.2) is 0 Å². The van der Waals surface area contributed by atoms with E-state index < -0.39 is 0 Å². The Morgan fingerprint density at radius 1 is 1.50 bits per heavy atom. The van der Waals surface area contributed by atoms with Gasteiger partial charge < -0.3 is 10.6 Å². The molecular weight excluding hydrogens is 296 g/mol. The molecule has 1 aliphatic rings. The first-order valence-corrected chi connectivity index (χ1v) is 6.54. The summed E-state index contributed by atoms with van der Waals surface area (Å²) in [6.45, 7) is 4.65. The van der Waals surface area contributed by atoms with Crippen LogP contribution in [0.2, 0.25) is 0 Å². The van der Waals surface area contributed by atoms with Gasteiger partial charge in [0.25, 0.3) is 4.82 Å². The molecule has 2 amide bonds. The Hall–Kier alpha value is -1.36. The normalized spacial score (nSPS) is 14.1. The molecule has 0 spiro atoms. The van der Waals surface area contributed by atoms with Gasteiger partial charge in [-0.3, -0.25) is 9.59 Å². The average Bonchev–Trinajstić information content (AvgIpc) is 2.65. The van der Waals surface area contributed by atoms with Crippen LogP contribution >= 0.6 is 15.9 Å². The lowest BCUT2D eigenvalue weighted by Gasteiger charge is -2.25. The third-order valence-electron chi connectivity index (χ3n) is 3.18. The van der Waals surface area contributed by atoms with Gasteiger partial charge in [0, 0.05) is 33.6 Å². The Balaban J connectivity index is 2.21. The van der Waals surface area contributed by atoms with Gasteiger partial charge >= 0.3 is 0 Å². The zero-order valence-electron chi connectivity index (χ0n) is 10.3. The number of carbonyl (C=O) groups excluding carboxylic acids is 2. The van der Waals surface area contributed by atoms with Crippen molar-refractivity contribution < 1.29 is 9.59 Å². The molecule has 2 N–H and O–H groups in total. The van der Waals surface area contributed by atoms with Crippen molar-refractivity contribution in [1.29, 1.82) is 0 Å². The van der Waals surface area contributed by atoms with Gasteiger partial charge in [0.05, 0.1) is 6.42 Å². The predicted octanol–water partition coefficient (Wildman–Crippen LogP) is 2.56. The Bertz CT molecular complexity index is 512. The molecule has 0 fully saturated rings. The molecule has 0 saturated heterocycles. The van der Waals surface area contributed by atoms with Crippen molar-refractivity contribution in [3.8, 4) is 0 Å². The third kappa shape index (κ3) is 2.72. The minimum absolute atomic E-state index is 0.0358. The summed E-state index contributed by atoms with van der Waals surface area (Å²) < 4.78 is 0. The van der Waals surface area contributed by atoms with Crippen molar-refractivity contribution >= 4 is 32.3 Å². The minimum Gasteiger partial charge on any atom is -0.346 e. The van der Waals surface area contributed by atoms with E-state index in [1.165, 1.54) is 0 Å². The molecule has 0 aromatic heterocycles. The Kier molecular flexibility index (Phi) is 3.43. The van der Waals surface area contributed by atoms with Gasteiger partial charge in [0.15, 0.2) is 0 Å². The summed E-state index contributed by atoms with van der Waals surface area (Å²) in [5, 5.41) is 5.57. The molecule has 18 heavy (non-hydrogen) atoms. The zero-order chi connectivity index (χ0) is 13.3. The van der Waals surface area contributed by atoms with E-state index in [0.717, 1.165) is 16.8 Å². The zero-order valence-corrected chi connectivity index (χ0v) is 11.9. The van der Waals surface area contributed by atoms with Crippen LogP contribution in [-0.2, 0) is 16.6 Å². The number of hydrogen-bond donors (Lipinski definition) is 2. The molecule has 0 saturated carbocycles. The number of nitrogens with one attached hydrogen (secondary N) is 2. The van der Waals surface area contributed by atoms with E-state index >= 15 is 0 Å². The molecule has 0 unspecified atom stereocenters. The van der Waals surface area contributed by atoms with Crippen LogP contribution in [0, 0.1) is 0 Å². The second kappa shape index (κ2) is 4.72. The summed E-state index contributed by atoms with van der Waals surface area (Å²) in [5.74, 6) is 0.0358. The van der Waals surface area contributed by atoms with Crippen molar-refractivity contribution in [2.24, 2.45) is 0 Å². The van der Waals surface area contributed by atoms with Crippen LogP contribution in [0.15, 0.2) is 18.2 Å². The lowest BCUT2D eigenvalue weighted by molar-refractivity contribution is -0.115. The lowest BCUT2D eigenvalue weighted by Crippen LogP contribution is -2.34. The quantitative estimate of drug-likeness (QED) is 0.666. The maximum Gasteiger partial charge on any atom is 0.287 e. The van der Waals surface area contributed by atoms with Gasteiger partial charge in [0.1, 0.15) is 0 Å². The van der Waals surface area contributed by atoms with Crippen LogP contribution < -0.4 is 10.6 Å². The standard InChI is InChI=1S/C13H15BrN2O2/c1-13(2,7-15-12(14)18)9-3-4-10-8(5-9)6-11(17)16-10/h3-5H,6-7H2,1-2H3,(H,15,18)(H,16,17). The summed E-state index contributed by atoms with van der Waals surface area (Å²) in [7, 11) is 0. The highest BCUT2D eigenvalue weighted by molar-refractivity contribution is 9.18. The summed E-state index contributed by atoms with van der Waals surface area (Å²) >= 11 is 2.85. The van der Waals surface area contributed by atoms with Crippen LogP contribution in [-0.4, -0.2) is 17.3 Å². The van der Waals surface area contributed by atoms with E-state index in [0.29, 0.717) is 13.0 Å². The Labute approximate surface area is 114 Å². The predicted molar refractivity (Wildman–Crippen MR) is 74.1 cm³/mol. The Morgan fingerprint density at radius 2 is 2.22 bits per heavy atom. The SMILES string of the molecule is CC(C)(CNC(=O)Br)c1ccc2c(c1)CC(=O)N2. The number of hydrogen-bond acceptors (Lipinski definition) is 2. The molecule has 0 aliphatic carbocycles. The van der Waals surface area contributed by atoms with Crippen molar-refractivity contribution in [3.05, 3.63) is 29.3 Å². The van der Waals surface area contributed by atoms with E-state index in [4.69, 9.17) is 0 Å². The molecule has 1 aromatic rings. The molecular formula is C13H15BrN2O2. The van der Waals surface area contributed by atoms with Gasteiger partial charge in [-0.2, -0.15) is 0 Å². The largest absolute Gasteiger partial charge is 0.346 e. The maximum absolute atomic E-state index is 11.3. The fraction of sp³-hybridized carbons (Fsp3) is 0.385. The van der Waals surface area contributed by atoms with E-state index in [2.05, 4.69) is 40.4 Å². The van der Waals surface area contributed by atoms with Gasteiger partial charge in [-0.05, 0) is 17.2 Å². The average molecular weight is 311 g/mol. The molecule has 2 rings (SSSR count). The first-order chi connectivity index (χ1) is 8.38. The molecule has 4 nitrogen and oxygen atoms in total. The van der Waals surface area contributed by atoms with Gasteiger partial charge in [-0.15, -0.1) is 0 Å². The van der Waals surface area contributed by atoms with Crippen molar-refractivity contribution in [2.45, 2.75) is 25.7 Å². The molecule has 1 heterocycles. The van der Waals surface area contributed by atoms with Gasteiger partial charge in [0.2, 0.25) is 5.91 Å². The lowest BCUT2D eigenvalue weighted by atomic mass is 9.83. The number of rotatable bonds is 3. The Morgan fingerprint density at radius 3 is 2.89 bits per heavy atom. The highest BCUT2D eigenvalue weighted by Crippen LogP contribution is 2.30. The number of amides is 2. The highest BCUT2D eigenvalue weighted by Gasteiger charge is 2.24. The van der Waals surface area contributed by atoms with Crippen LogP contribution in [0.5, 0.6) is 0 Å². The summed E-state index contributed by atoms with van der Waals surface area (Å²) in [4.78, 5) is 22.0. The first-order valence-electron chi connectivity index (χ1n) is 5.75. The van der Waals surface area contributed by atoms with Crippen LogP contribution in [0.4, 0.5) is 10.5 Å². The number of anilines is 1. The first kappa shape index (κ1) is 13.1.